The first-order valence-corrected chi connectivity index (χ1v) is 6.04. The molecule has 0 aromatic heterocycles. The summed E-state index contributed by atoms with van der Waals surface area (Å²) in [5.74, 6) is 0. The lowest BCUT2D eigenvalue weighted by Gasteiger charge is -2.38. The Balaban J connectivity index is 2.43. The van der Waals surface area contributed by atoms with Crippen molar-refractivity contribution in [3.63, 3.8) is 0 Å². The predicted molar refractivity (Wildman–Crippen MR) is 67.5 cm³/mol. The van der Waals surface area contributed by atoms with E-state index >= 15 is 0 Å². The fourth-order valence-corrected chi connectivity index (χ4v) is 2.35. The minimum atomic E-state index is -0.426. The van der Waals surface area contributed by atoms with E-state index in [9.17, 15) is 4.79 Å². The normalized spacial score (nSPS) is 22.8. The molecule has 5 heteroatoms. The number of cyclic esters (lactones) is 1. The molecule has 0 aliphatic carbocycles. The van der Waals surface area contributed by atoms with Crippen molar-refractivity contribution >= 4 is 29.3 Å². The Morgan fingerprint density at radius 3 is 2.82 bits per heavy atom. The average molecular weight is 274 g/mol. The van der Waals surface area contributed by atoms with Crippen LogP contribution >= 0.6 is 23.2 Å². The number of rotatable bonds is 1. The molecule has 0 bridgehead atoms. The van der Waals surface area contributed by atoms with E-state index in [1.54, 1.807) is 6.07 Å². The summed E-state index contributed by atoms with van der Waals surface area (Å²) >= 11 is 12.2. The number of carbonyl (C=O) groups excluding carboxylic acids is 1. The maximum absolute atomic E-state index is 11.3. The van der Waals surface area contributed by atoms with Crippen molar-refractivity contribution in [2.75, 3.05) is 6.61 Å². The van der Waals surface area contributed by atoms with Gasteiger partial charge in [-0.3, -0.25) is 0 Å². The van der Waals surface area contributed by atoms with E-state index in [-0.39, 0.29) is 11.5 Å². The molecule has 0 radical (unpaired) electrons. The zero-order valence-electron chi connectivity index (χ0n) is 9.59. The number of benzene rings is 1. The number of hydrogen-bond donors (Lipinski definition) is 1. The van der Waals surface area contributed by atoms with Gasteiger partial charge in [0.2, 0.25) is 0 Å². The van der Waals surface area contributed by atoms with Gasteiger partial charge in [-0.15, -0.1) is 0 Å². The van der Waals surface area contributed by atoms with Crippen LogP contribution in [0.1, 0.15) is 25.5 Å². The largest absolute Gasteiger partial charge is 0.449 e. The third kappa shape index (κ3) is 2.35. The Morgan fingerprint density at radius 1 is 1.41 bits per heavy atom. The highest BCUT2D eigenvalue weighted by molar-refractivity contribution is 6.42. The van der Waals surface area contributed by atoms with Crippen molar-refractivity contribution in [1.82, 2.24) is 5.32 Å². The molecule has 1 N–H and O–H groups in total. The van der Waals surface area contributed by atoms with Gasteiger partial charge in [-0.05, 0) is 11.6 Å². The third-order valence-corrected chi connectivity index (χ3v) is 3.74. The molecule has 1 heterocycles. The quantitative estimate of drug-likeness (QED) is 0.845. The zero-order valence-corrected chi connectivity index (χ0v) is 11.1. The van der Waals surface area contributed by atoms with Crippen LogP contribution in [0.4, 0.5) is 4.79 Å². The molecule has 1 saturated heterocycles. The molecule has 0 spiro atoms. The highest BCUT2D eigenvalue weighted by Crippen LogP contribution is 2.40. The van der Waals surface area contributed by atoms with Crippen molar-refractivity contribution in [2.45, 2.75) is 19.9 Å². The van der Waals surface area contributed by atoms with Crippen LogP contribution in [0.5, 0.6) is 0 Å². The molecule has 17 heavy (non-hydrogen) atoms. The predicted octanol–water partition coefficient (Wildman–Crippen LogP) is 3.80. The molecule has 0 unspecified atom stereocenters. The maximum Gasteiger partial charge on any atom is 0.407 e. The van der Waals surface area contributed by atoms with Crippen molar-refractivity contribution in [2.24, 2.45) is 5.41 Å². The Hall–Kier alpha value is -0.930. The highest BCUT2D eigenvalue weighted by atomic mass is 35.5. The molecule has 1 aliphatic rings. The maximum atomic E-state index is 11.3. The zero-order chi connectivity index (χ0) is 12.6. The number of alkyl carbamates (subject to hydrolysis) is 1. The standard InChI is InChI=1S/C12H13Cl2NO2/c1-12(2)6-17-11(16)15-10(12)7-4-3-5-8(13)9(7)14/h3-5,10H,6H2,1-2H3,(H,15,16)/t10-/m1/s1. The number of hydrogen-bond acceptors (Lipinski definition) is 2. The lowest BCUT2D eigenvalue weighted by molar-refractivity contribution is 0.0388. The van der Waals surface area contributed by atoms with Gasteiger partial charge in [0.1, 0.15) is 6.61 Å². The summed E-state index contributed by atoms with van der Waals surface area (Å²) < 4.78 is 4.99. The number of amides is 1. The fraction of sp³-hybridized carbons (Fsp3) is 0.417. The topological polar surface area (TPSA) is 38.3 Å². The van der Waals surface area contributed by atoms with Gasteiger partial charge in [0.25, 0.3) is 0 Å². The average Bonchev–Trinajstić information content (AvgIpc) is 2.26. The van der Waals surface area contributed by atoms with Crippen molar-refractivity contribution < 1.29 is 9.53 Å². The van der Waals surface area contributed by atoms with E-state index in [2.05, 4.69) is 5.32 Å². The van der Waals surface area contributed by atoms with Crippen molar-refractivity contribution in [1.29, 1.82) is 0 Å². The summed E-state index contributed by atoms with van der Waals surface area (Å²) in [5, 5.41) is 3.75. The molecule has 1 aliphatic heterocycles. The number of ether oxygens (including phenoxy) is 1. The van der Waals surface area contributed by atoms with E-state index in [4.69, 9.17) is 27.9 Å². The molecule has 3 nitrogen and oxygen atoms in total. The summed E-state index contributed by atoms with van der Waals surface area (Å²) in [7, 11) is 0. The first-order valence-electron chi connectivity index (χ1n) is 5.29. The van der Waals surface area contributed by atoms with Gasteiger partial charge in [0.15, 0.2) is 0 Å². The lowest BCUT2D eigenvalue weighted by Crippen LogP contribution is -2.47. The van der Waals surface area contributed by atoms with Crippen LogP contribution in [0.3, 0.4) is 0 Å². The number of carbonyl (C=O) groups is 1. The number of halogens is 2. The lowest BCUT2D eigenvalue weighted by atomic mass is 9.80. The van der Waals surface area contributed by atoms with Gasteiger partial charge in [-0.25, -0.2) is 4.79 Å². The molecule has 2 rings (SSSR count). The minimum Gasteiger partial charge on any atom is -0.449 e. The monoisotopic (exact) mass is 273 g/mol. The van der Waals surface area contributed by atoms with E-state index in [1.807, 2.05) is 26.0 Å². The minimum absolute atomic E-state index is 0.199. The summed E-state index contributed by atoms with van der Waals surface area (Å²) in [6.07, 6.45) is -0.426. The van der Waals surface area contributed by atoms with E-state index in [1.165, 1.54) is 0 Å². The van der Waals surface area contributed by atoms with Gasteiger partial charge in [-0.1, -0.05) is 49.2 Å². The first-order chi connectivity index (χ1) is 7.92. The second-order valence-corrected chi connectivity index (χ2v) is 5.57. The Labute approximate surface area is 110 Å². The highest BCUT2D eigenvalue weighted by Gasteiger charge is 2.39. The van der Waals surface area contributed by atoms with Gasteiger partial charge < -0.3 is 10.1 Å². The second kappa shape index (κ2) is 4.39. The van der Waals surface area contributed by atoms with Crippen LogP contribution in [-0.4, -0.2) is 12.7 Å². The molecule has 1 fully saturated rings. The van der Waals surface area contributed by atoms with E-state index in [0.29, 0.717) is 16.7 Å². The van der Waals surface area contributed by atoms with Crippen molar-refractivity contribution in [3.8, 4) is 0 Å². The van der Waals surface area contributed by atoms with E-state index < -0.39 is 6.09 Å². The van der Waals surface area contributed by atoms with Crippen LogP contribution in [0.15, 0.2) is 18.2 Å². The Bertz CT molecular complexity index is 460. The SMILES string of the molecule is CC1(C)COC(=O)N[C@@H]1c1cccc(Cl)c1Cl. The van der Waals surface area contributed by atoms with Gasteiger partial charge in [0, 0.05) is 5.41 Å². The molecule has 1 aromatic carbocycles. The van der Waals surface area contributed by atoms with Gasteiger partial charge in [0.05, 0.1) is 16.1 Å². The molecule has 1 amide bonds. The smallest absolute Gasteiger partial charge is 0.407 e. The van der Waals surface area contributed by atoms with Crippen LogP contribution in [0.25, 0.3) is 0 Å². The summed E-state index contributed by atoms with van der Waals surface area (Å²) in [5.41, 5.74) is 0.586. The molecule has 1 aromatic rings. The van der Waals surface area contributed by atoms with Crippen molar-refractivity contribution in [3.05, 3.63) is 33.8 Å². The first kappa shape index (κ1) is 12.5. The molecular weight excluding hydrogens is 261 g/mol. The number of nitrogens with one attached hydrogen (secondary N) is 1. The summed E-state index contributed by atoms with van der Waals surface area (Å²) in [4.78, 5) is 11.3. The Kier molecular flexibility index (Phi) is 3.23. The van der Waals surface area contributed by atoms with Gasteiger partial charge in [-0.2, -0.15) is 0 Å². The molecule has 1 atom stereocenters. The summed E-state index contributed by atoms with van der Waals surface area (Å²) in [6, 6.07) is 5.21. The Morgan fingerprint density at radius 2 is 2.12 bits per heavy atom. The van der Waals surface area contributed by atoms with E-state index in [0.717, 1.165) is 5.56 Å². The third-order valence-electron chi connectivity index (χ3n) is 2.91. The second-order valence-electron chi connectivity index (χ2n) is 4.79. The van der Waals surface area contributed by atoms with Crippen LogP contribution in [-0.2, 0) is 4.74 Å². The van der Waals surface area contributed by atoms with Crippen LogP contribution in [0.2, 0.25) is 10.0 Å². The van der Waals surface area contributed by atoms with Gasteiger partial charge >= 0.3 is 6.09 Å². The fourth-order valence-electron chi connectivity index (χ4n) is 1.93. The molecule has 0 saturated carbocycles. The van der Waals surface area contributed by atoms with Crippen LogP contribution in [0, 0.1) is 5.41 Å². The molecular formula is C12H13Cl2NO2. The molecule has 92 valence electrons. The summed E-state index contributed by atoms with van der Waals surface area (Å²) in [6.45, 7) is 4.37. The van der Waals surface area contributed by atoms with Crippen LogP contribution < -0.4 is 5.32 Å².